The summed E-state index contributed by atoms with van der Waals surface area (Å²) in [7, 11) is -1.00. The lowest BCUT2D eigenvalue weighted by Crippen LogP contribution is -2.69. The zero-order chi connectivity index (χ0) is 45.4. The minimum absolute atomic E-state index is 0.0408. The number of carbonyl (C=O) groups excluding carboxylic acids is 2. The number of benzene rings is 4. The van der Waals surface area contributed by atoms with Crippen LogP contribution in [0.15, 0.2) is 72.8 Å². The quantitative estimate of drug-likeness (QED) is 0.0965. The largest absolute Gasteiger partial charge is 0.493 e. The summed E-state index contributed by atoms with van der Waals surface area (Å²) in [5, 5.41) is 11.4. The molecule has 2 amide bonds. The number of hydrogen-bond acceptors (Lipinski definition) is 10. The molecule has 4 atom stereocenters. The average Bonchev–Trinajstić information content (AvgIpc) is 3.74. The van der Waals surface area contributed by atoms with E-state index in [1.807, 2.05) is 80.6 Å². The number of aliphatic hydroxyl groups is 1. The van der Waals surface area contributed by atoms with Crippen molar-refractivity contribution in [2.45, 2.75) is 100 Å². The third kappa shape index (κ3) is 9.55. The van der Waals surface area contributed by atoms with Gasteiger partial charge in [0.15, 0.2) is 31.3 Å². The highest BCUT2D eigenvalue weighted by molar-refractivity contribution is 6.74. The number of aryl methyl sites for hydroxylation is 1. The second-order valence-electron chi connectivity index (χ2n) is 17.7. The maximum atomic E-state index is 15.6. The van der Waals surface area contributed by atoms with E-state index in [1.54, 1.807) is 18.1 Å². The van der Waals surface area contributed by atoms with Crippen LogP contribution in [0, 0.1) is 13.8 Å². The molecule has 1 N–H and O–H groups in total. The van der Waals surface area contributed by atoms with Gasteiger partial charge in [-0.25, -0.2) is 4.79 Å². The molecule has 338 valence electrons. The van der Waals surface area contributed by atoms with E-state index in [0.29, 0.717) is 45.4 Å². The average molecular weight is 942 g/mol. The van der Waals surface area contributed by atoms with Gasteiger partial charge in [0.25, 0.3) is 0 Å². The predicted octanol–water partition coefficient (Wildman–Crippen LogP) is 9.94. The Bertz CT molecular complexity index is 2310. The molecule has 16 heteroatoms. The first kappa shape index (κ1) is 46.6. The summed E-state index contributed by atoms with van der Waals surface area (Å²) in [6, 6.07) is 19.1. The van der Waals surface area contributed by atoms with Gasteiger partial charge in [0, 0.05) is 23.1 Å². The van der Waals surface area contributed by atoms with E-state index >= 15 is 4.79 Å². The van der Waals surface area contributed by atoms with Crippen molar-refractivity contribution in [3.05, 3.63) is 112 Å². The summed E-state index contributed by atoms with van der Waals surface area (Å²) in [6.07, 6.45) is -0.798. The number of piperazine rings is 1. The molecule has 1 fully saturated rings. The van der Waals surface area contributed by atoms with Gasteiger partial charge in [0.2, 0.25) is 16.5 Å². The fraction of sp³-hybridized carbons (Fsp3) is 0.447. The maximum absolute atomic E-state index is 15.6. The van der Waals surface area contributed by atoms with Crippen molar-refractivity contribution in [2.75, 3.05) is 33.7 Å². The SMILES string of the molecule is COc1c(C)cc2c(c1OCc1ccccc1)[C@H]1[C@H](CO[Si](C)(C)C(C)(C)C)N([C@@H](CO)c3cc(OCc4ccccc4)c(C)c4c3OCO4)C(=O)[C@H](C2)N1C(=O)OCC(Cl)(Cl)Cl. The normalized spacial score (nSPS) is 18.8. The summed E-state index contributed by atoms with van der Waals surface area (Å²) in [6.45, 7) is 13.6. The van der Waals surface area contributed by atoms with Crippen LogP contribution in [-0.4, -0.2) is 84.8 Å². The molecule has 0 unspecified atom stereocenters. The van der Waals surface area contributed by atoms with Crippen LogP contribution in [0.3, 0.4) is 0 Å². The van der Waals surface area contributed by atoms with Crippen LogP contribution in [0.2, 0.25) is 18.1 Å². The van der Waals surface area contributed by atoms with Gasteiger partial charge in [0.05, 0.1) is 38.4 Å². The van der Waals surface area contributed by atoms with Gasteiger partial charge >= 0.3 is 6.09 Å². The van der Waals surface area contributed by atoms with Crippen LogP contribution in [0.25, 0.3) is 0 Å². The first-order chi connectivity index (χ1) is 29.8. The Kier molecular flexibility index (Phi) is 13.8. The number of ether oxygens (including phenoxy) is 6. The third-order valence-corrected chi connectivity index (χ3v) is 17.4. The van der Waals surface area contributed by atoms with Crippen molar-refractivity contribution in [3.63, 3.8) is 0 Å². The van der Waals surface area contributed by atoms with Gasteiger partial charge in [-0.15, -0.1) is 0 Å². The van der Waals surface area contributed by atoms with Crippen LogP contribution >= 0.6 is 34.8 Å². The van der Waals surface area contributed by atoms with Crippen molar-refractivity contribution in [1.29, 1.82) is 0 Å². The van der Waals surface area contributed by atoms with Gasteiger partial charge in [-0.3, -0.25) is 9.69 Å². The number of nitrogens with zero attached hydrogens (tertiary/aromatic N) is 2. The number of aliphatic hydroxyl groups excluding tert-OH is 1. The number of hydrogen-bond donors (Lipinski definition) is 1. The molecule has 2 bridgehead atoms. The van der Waals surface area contributed by atoms with E-state index in [-0.39, 0.29) is 38.1 Å². The molecule has 63 heavy (non-hydrogen) atoms. The smallest absolute Gasteiger partial charge is 0.411 e. The standard InChI is InChI=1S/C47H55Cl3N2O10Si/c1-28-19-32-20-34-44(54)51(35(22-53)33-21-37(29(2)41-42(33)61-27-60-41)57-23-30-15-11-9-12-16-30)36(25-62-63(7,8)46(3,4)5)39(52(34)45(55)59-26-47(48,49)50)38(32)43(40(28)56-6)58-24-31-17-13-10-14-18-31/h9-19,21,34-36,39,53H,20,22-27H2,1-8H3/t34-,35-,36-,39+/m0/s1. The maximum Gasteiger partial charge on any atom is 0.411 e. The van der Waals surface area contributed by atoms with Crippen molar-refractivity contribution in [1.82, 2.24) is 9.80 Å². The Balaban J connectivity index is 1.43. The van der Waals surface area contributed by atoms with Crippen LogP contribution in [0.5, 0.6) is 28.7 Å². The second-order valence-corrected chi connectivity index (χ2v) is 25.0. The van der Waals surface area contributed by atoms with E-state index in [2.05, 4.69) is 33.9 Å². The number of amides is 2. The third-order valence-electron chi connectivity index (χ3n) is 12.5. The molecular formula is C47H55Cl3N2O10Si. The monoisotopic (exact) mass is 940 g/mol. The summed E-state index contributed by atoms with van der Waals surface area (Å²) in [4.78, 5) is 33.3. The number of carbonyl (C=O) groups is 2. The molecule has 0 aromatic heterocycles. The van der Waals surface area contributed by atoms with Crippen molar-refractivity contribution < 1.29 is 47.5 Å². The van der Waals surface area contributed by atoms with Gasteiger partial charge in [0.1, 0.15) is 31.6 Å². The molecule has 0 spiro atoms. The number of rotatable bonds is 14. The molecule has 4 aromatic carbocycles. The Labute approximate surface area is 385 Å². The van der Waals surface area contributed by atoms with E-state index < -0.39 is 61.5 Å². The zero-order valence-electron chi connectivity index (χ0n) is 36.8. The number of fused-ring (bicyclic) bond motifs is 5. The van der Waals surface area contributed by atoms with Gasteiger partial charge < -0.3 is 42.9 Å². The summed E-state index contributed by atoms with van der Waals surface area (Å²) < 4.78 is 42.2. The minimum Gasteiger partial charge on any atom is -0.493 e. The summed E-state index contributed by atoms with van der Waals surface area (Å²) in [5.74, 6) is 1.74. The number of methoxy groups -OCH3 is 1. The number of halogens is 3. The molecule has 7 rings (SSSR count). The Morgan fingerprint density at radius 1 is 0.921 bits per heavy atom. The van der Waals surface area contributed by atoms with Crippen LogP contribution < -0.4 is 23.7 Å². The lowest BCUT2D eigenvalue weighted by molar-refractivity contribution is -0.159. The predicted molar refractivity (Wildman–Crippen MR) is 244 cm³/mol. The summed E-state index contributed by atoms with van der Waals surface area (Å²) in [5.41, 5.74) is 5.21. The lowest BCUT2D eigenvalue weighted by atomic mass is 9.78. The molecule has 3 aliphatic rings. The highest BCUT2D eigenvalue weighted by Gasteiger charge is 2.57. The van der Waals surface area contributed by atoms with E-state index in [1.165, 1.54) is 4.90 Å². The molecular weight excluding hydrogens is 887 g/mol. The van der Waals surface area contributed by atoms with Gasteiger partial charge in [-0.05, 0) is 60.3 Å². The highest BCUT2D eigenvalue weighted by Crippen LogP contribution is 2.54. The molecule has 0 saturated carbocycles. The molecule has 4 aromatic rings. The van der Waals surface area contributed by atoms with E-state index in [0.717, 1.165) is 22.3 Å². The molecule has 3 aliphatic heterocycles. The van der Waals surface area contributed by atoms with Gasteiger partial charge in [-0.1, -0.05) is 122 Å². The summed E-state index contributed by atoms with van der Waals surface area (Å²) >= 11 is 18.4. The fourth-order valence-electron chi connectivity index (χ4n) is 8.38. The van der Waals surface area contributed by atoms with Crippen LogP contribution in [0.4, 0.5) is 4.79 Å². The first-order valence-corrected chi connectivity index (χ1v) is 24.9. The van der Waals surface area contributed by atoms with Crippen molar-refractivity contribution in [2.24, 2.45) is 0 Å². The van der Waals surface area contributed by atoms with Crippen molar-refractivity contribution >= 4 is 55.1 Å². The first-order valence-electron chi connectivity index (χ1n) is 20.9. The van der Waals surface area contributed by atoms with Crippen molar-refractivity contribution in [3.8, 4) is 28.7 Å². The minimum atomic E-state index is -2.57. The Morgan fingerprint density at radius 3 is 2.13 bits per heavy atom. The molecule has 0 radical (unpaired) electrons. The Hall–Kier alpha value is -4.37. The van der Waals surface area contributed by atoms with E-state index in [9.17, 15) is 9.90 Å². The van der Waals surface area contributed by atoms with Crippen LogP contribution in [-0.2, 0) is 33.6 Å². The number of alkyl halides is 3. The fourth-order valence-corrected chi connectivity index (χ4v) is 9.56. The van der Waals surface area contributed by atoms with Gasteiger partial charge in [-0.2, -0.15) is 0 Å². The molecule has 1 saturated heterocycles. The molecule has 12 nitrogen and oxygen atoms in total. The van der Waals surface area contributed by atoms with Crippen LogP contribution in [0.1, 0.15) is 71.8 Å². The molecule has 0 aliphatic carbocycles. The van der Waals surface area contributed by atoms with E-state index in [4.69, 9.17) is 67.7 Å². The molecule has 3 heterocycles. The topological polar surface area (TPSA) is 125 Å². The highest BCUT2D eigenvalue weighted by atomic mass is 35.6. The lowest BCUT2D eigenvalue weighted by Gasteiger charge is -2.56. The Morgan fingerprint density at radius 2 is 1.54 bits per heavy atom. The second kappa shape index (κ2) is 18.6. The zero-order valence-corrected chi connectivity index (χ0v) is 40.1.